The van der Waals surface area contributed by atoms with E-state index in [0.717, 1.165) is 18.5 Å². The lowest BCUT2D eigenvalue weighted by Crippen LogP contribution is -2.18. The Morgan fingerprint density at radius 2 is 2.16 bits per heavy atom. The Labute approximate surface area is 122 Å². The number of benzene rings is 1. The van der Waals surface area contributed by atoms with E-state index in [0.29, 0.717) is 0 Å². The molecule has 0 fully saturated rings. The summed E-state index contributed by atoms with van der Waals surface area (Å²) in [5.74, 6) is -0.371. The molecule has 1 heterocycles. The molecule has 1 aromatic heterocycles. The van der Waals surface area contributed by atoms with Crippen LogP contribution in [-0.4, -0.2) is 0 Å². The van der Waals surface area contributed by atoms with E-state index in [2.05, 4.69) is 30.6 Å². The molecule has 2 rings (SSSR count). The minimum Gasteiger partial charge on any atom is -0.305 e. The Balaban J connectivity index is 2.01. The average molecular weight is 298 g/mol. The first-order valence-electron chi connectivity index (χ1n) is 6.35. The lowest BCUT2D eigenvalue weighted by atomic mass is 10.1. The van der Waals surface area contributed by atoms with E-state index in [1.54, 1.807) is 23.5 Å². The molecule has 0 saturated heterocycles. The van der Waals surface area contributed by atoms with Crippen molar-refractivity contribution in [2.24, 2.45) is 0 Å². The van der Waals surface area contributed by atoms with Crippen molar-refractivity contribution in [2.75, 3.05) is 0 Å². The van der Waals surface area contributed by atoms with E-state index < -0.39 is 0 Å². The molecule has 1 atom stereocenters. The zero-order chi connectivity index (χ0) is 13.8. The predicted octanol–water partition coefficient (Wildman–Crippen LogP) is 4.95. The van der Waals surface area contributed by atoms with Gasteiger partial charge in [-0.2, -0.15) is 0 Å². The van der Waals surface area contributed by atoms with E-state index in [4.69, 9.17) is 11.6 Å². The van der Waals surface area contributed by atoms with E-state index in [1.807, 2.05) is 0 Å². The topological polar surface area (TPSA) is 12.0 Å². The van der Waals surface area contributed by atoms with Crippen LogP contribution >= 0.6 is 22.9 Å². The van der Waals surface area contributed by atoms with Gasteiger partial charge in [0, 0.05) is 17.5 Å². The number of hydrogen-bond donors (Lipinski definition) is 1. The van der Waals surface area contributed by atoms with Gasteiger partial charge in [-0.05, 0) is 48.1 Å². The summed E-state index contributed by atoms with van der Waals surface area (Å²) in [6.45, 7) is 5.05. The molecule has 2 aromatic rings. The SMILES string of the molecule is CCc1ccsc1CNC(C)c1ccc(F)c(Cl)c1. The summed E-state index contributed by atoms with van der Waals surface area (Å²) in [4.78, 5) is 1.36. The van der Waals surface area contributed by atoms with Gasteiger partial charge in [0.05, 0.1) is 5.02 Å². The highest BCUT2D eigenvalue weighted by molar-refractivity contribution is 7.10. The van der Waals surface area contributed by atoms with Crippen LogP contribution in [-0.2, 0) is 13.0 Å². The van der Waals surface area contributed by atoms with Crippen molar-refractivity contribution in [2.45, 2.75) is 32.9 Å². The third-order valence-corrected chi connectivity index (χ3v) is 4.48. The maximum Gasteiger partial charge on any atom is 0.141 e. The van der Waals surface area contributed by atoms with Gasteiger partial charge in [0.25, 0.3) is 0 Å². The molecule has 0 aliphatic rings. The molecule has 102 valence electrons. The summed E-state index contributed by atoms with van der Waals surface area (Å²) in [5, 5.41) is 5.75. The molecule has 0 bridgehead atoms. The maximum atomic E-state index is 13.1. The number of halogens is 2. The van der Waals surface area contributed by atoms with Crippen molar-refractivity contribution >= 4 is 22.9 Å². The van der Waals surface area contributed by atoms with Crippen molar-refractivity contribution in [3.63, 3.8) is 0 Å². The minimum atomic E-state index is -0.371. The highest BCUT2D eigenvalue weighted by atomic mass is 35.5. The molecule has 1 aromatic carbocycles. The van der Waals surface area contributed by atoms with Crippen LogP contribution in [0.4, 0.5) is 4.39 Å². The van der Waals surface area contributed by atoms with E-state index >= 15 is 0 Å². The van der Waals surface area contributed by atoms with Crippen LogP contribution in [0.25, 0.3) is 0 Å². The van der Waals surface area contributed by atoms with Gasteiger partial charge in [0.2, 0.25) is 0 Å². The van der Waals surface area contributed by atoms with Gasteiger partial charge < -0.3 is 5.32 Å². The fourth-order valence-corrected chi connectivity index (χ4v) is 3.10. The average Bonchev–Trinajstić information content (AvgIpc) is 2.86. The molecule has 0 amide bonds. The monoisotopic (exact) mass is 297 g/mol. The highest BCUT2D eigenvalue weighted by Crippen LogP contribution is 2.22. The van der Waals surface area contributed by atoms with Gasteiger partial charge in [-0.25, -0.2) is 4.39 Å². The van der Waals surface area contributed by atoms with Crippen LogP contribution in [0, 0.1) is 5.82 Å². The molecular formula is C15H17ClFNS. The molecule has 0 spiro atoms. The van der Waals surface area contributed by atoms with Crippen LogP contribution in [0.3, 0.4) is 0 Å². The Morgan fingerprint density at radius 1 is 1.37 bits per heavy atom. The number of nitrogens with one attached hydrogen (secondary N) is 1. The fraction of sp³-hybridized carbons (Fsp3) is 0.333. The van der Waals surface area contributed by atoms with Gasteiger partial charge in [0.15, 0.2) is 0 Å². The smallest absolute Gasteiger partial charge is 0.141 e. The first-order valence-corrected chi connectivity index (χ1v) is 7.61. The number of hydrogen-bond acceptors (Lipinski definition) is 2. The van der Waals surface area contributed by atoms with Gasteiger partial charge in [-0.15, -0.1) is 11.3 Å². The molecule has 1 unspecified atom stereocenters. The molecule has 0 radical (unpaired) electrons. The van der Waals surface area contributed by atoms with Gasteiger partial charge in [0.1, 0.15) is 5.82 Å². The molecule has 4 heteroatoms. The molecule has 1 N–H and O–H groups in total. The first kappa shape index (κ1) is 14.5. The van der Waals surface area contributed by atoms with E-state index in [9.17, 15) is 4.39 Å². The summed E-state index contributed by atoms with van der Waals surface area (Å²) in [5.41, 5.74) is 2.39. The normalized spacial score (nSPS) is 12.6. The molecule has 0 aliphatic heterocycles. The van der Waals surface area contributed by atoms with Crippen LogP contribution in [0.2, 0.25) is 5.02 Å². The largest absolute Gasteiger partial charge is 0.305 e. The molecule has 19 heavy (non-hydrogen) atoms. The minimum absolute atomic E-state index is 0.143. The molecule has 1 nitrogen and oxygen atoms in total. The Hall–Kier alpha value is -0.900. The Kier molecular flexibility index (Phi) is 4.97. The highest BCUT2D eigenvalue weighted by Gasteiger charge is 2.09. The van der Waals surface area contributed by atoms with Gasteiger partial charge in [-0.3, -0.25) is 0 Å². The Bertz CT molecular complexity index is 553. The zero-order valence-electron chi connectivity index (χ0n) is 11.0. The van der Waals surface area contributed by atoms with Crippen LogP contribution in [0.15, 0.2) is 29.6 Å². The summed E-state index contributed by atoms with van der Waals surface area (Å²) in [7, 11) is 0. The molecular weight excluding hydrogens is 281 g/mol. The third-order valence-electron chi connectivity index (χ3n) is 3.23. The Morgan fingerprint density at radius 3 is 2.84 bits per heavy atom. The number of rotatable bonds is 5. The summed E-state index contributed by atoms with van der Waals surface area (Å²) < 4.78 is 13.1. The standard InChI is InChI=1S/C15H17ClFNS/c1-3-11-6-7-19-15(11)9-18-10(2)12-4-5-14(17)13(16)8-12/h4-8,10,18H,3,9H2,1-2H3. The summed E-state index contributed by atoms with van der Waals surface area (Å²) >= 11 is 7.57. The van der Waals surface area contributed by atoms with Crippen molar-refractivity contribution in [1.29, 1.82) is 0 Å². The van der Waals surface area contributed by atoms with E-state index in [1.165, 1.54) is 16.5 Å². The van der Waals surface area contributed by atoms with E-state index in [-0.39, 0.29) is 16.9 Å². The van der Waals surface area contributed by atoms with Gasteiger partial charge in [-0.1, -0.05) is 24.6 Å². The second-order valence-corrected chi connectivity index (χ2v) is 5.91. The third kappa shape index (κ3) is 3.56. The lowest BCUT2D eigenvalue weighted by Gasteiger charge is -2.14. The van der Waals surface area contributed by atoms with Crippen molar-refractivity contribution < 1.29 is 4.39 Å². The molecule has 0 saturated carbocycles. The number of thiophene rings is 1. The quantitative estimate of drug-likeness (QED) is 0.823. The van der Waals surface area contributed by atoms with Crippen LogP contribution in [0.5, 0.6) is 0 Å². The van der Waals surface area contributed by atoms with Crippen molar-refractivity contribution in [3.05, 3.63) is 56.5 Å². The van der Waals surface area contributed by atoms with Gasteiger partial charge >= 0.3 is 0 Å². The van der Waals surface area contributed by atoms with Crippen molar-refractivity contribution in [3.8, 4) is 0 Å². The zero-order valence-corrected chi connectivity index (χ0v) is 12.6. The maximum absolute atomic E-state index is 13.1. The van der Waals surface area contributed by atoms with Crippen molar-refractivity contribution in [1.82, 2.24) is 5.32 Å². The second-order valence-electron chi connectivity index (χ2n) is 4.50. The van der Waals surface area contributed by atoms with Crippen LogP contribution in [0.1, 0.15) is 35.9 Å². The number of aryl methyl sites for hydroxylation is 1. The second kappa shape index (κ2) is 6.51. The predicted molar refractivity (Wildman–Crippen MR) is 80.4 cm³/mol. The summed E-state index contributed by atoms with van der Waals surface area (Å²) in [6, 6.07) is 7.18. The van der Waals surface area contributed by atoms with Crippen LogP contribution < -0.4 is 5.32 Å². The summed E-state index contributed by atoms with van der Waals surface area (Å²) in [6.07, 6.45) is 1.05. The first-order chi connectivity index (χ1) is 9.11. The molecule has 0 aliphatic carbocycles. The fourth-order valence-electron chi connectivity index (χ4n) is 1.98. The lowest BCUT2D eigenvalue weighted by molar-refractivity contribution is 0.573.